The maximum Gasteiger partial charge on any atom is 0.240 e. The Hall–Kier alpha value is -12.9. The lowest BCUT2D eigenvalue weighted by Crippen LogP contribution is -2.37. The number of hydrogen-bond acceptors (Lipinski definition) is 6. The molecule has 1 aliphatic rings. The summed E-state index contributed by atoms with van der Waals surface area (Å²) in [6.45, 7) is 2.35. The lowest BCUT2D eigenvalue weighted by atomic mass is 9.85. The Morgan fingerprint density at radius 3 is 1.26 bits per heavy atom. The molecule has 0 bridgehead atoms. The first kappa shape index (κ1) is 56.9. The number of anilines is 8. The summed E-state index contributed by atoms with van der Waals surface area (Å²) < 4.78 is 7.12. The van der Waals surface area contributed by atoms with Gasteiger partial charge in [0.1, 0.15) is 0 Å². The van der Waals surface area contributed by atoms with Gasteiger partial charge in [-0.1, -0.05) is 207 Å². The van der Waals surface area contributed by atoms with Gasteiger partial charge >= 0.3 is 0 Å². The summed E-state index contributed by atoms with van der Waals surface area (Å²) in [4.78, 5) is 24.0. The first-order valence-corrected chi connectivity index (χ1v) is 33.1. The Labute approximate surface area is 562 Å². The van der Waals surface area contributed by atoms with Gasteiger partial charge in [0.05, 0.1) is 39.3 Å². The molecule has 0 aliphatic heterocycles. The summed E-state index contributed by atoms with van der Waals surface area (Å²) in [6.07, 6.45) is 4.66. The van der Waals surface area contributed by atoms with Crippen molar-refractivity contribution in [2.45, 2.75) is 18.9 Å². The quantitative estimate of drug-likeness (QED) is 0.108. The van der Waals surface area contributed by atoms with Crippen LogP contribution in [0.5, 0.6) is 0 Å². The van der Waals surface area contributed by atoms with Crippen LogP contribution in [0.2, 0.25) is 0 Å². The third kappa shape index (κ3) is 9.90. The molecule has 2 unspecified atom stereocenters. The topological polar surface area (TPSA) is 63.2 Å². The van der Waals surface area contributed by atoms with Crippen LogP contribution in [0.4, 0.5) is 46.0 Å². The highest BCUT2D eigenvalue weighted by atomic mass is 15.4. The van der Waals surface area contributed by atoms with Gasteiger partial charge in [0.2, 0.25) is 11.9 Å². The van der Waals surface area contributed by atoms with E-state index >= 15 is 0 Å². The van der Waals surface area contributed by atoms with Crippen LogP contribution in [0.3, 0.4) is 0 Å². The average Bonchev–Trinajstić information content (AvgIpc) is 1.62. The van der Waals surface area contributed by atoms with Crippen molar-refractivity contribution in [3.63, 3.8) is 0 Å². The van der Waals surface area contributed by atoms with E-state index in [0.29, 0.717) is 17.7 Å². The molecule has 9 heteroatoms. The van der Waals surface area contributed by atoms with Gasteiger partial charge in [0.25, 0.3) is 0 Å². The van der Waals surface area contributed by atoms with Gasteiger partial charge in [-0.25, -0.2) is 0 Å². The van der Waals surface area contributed by atoms with E-state index in [4.69, 9.17) is 15.0 Å². The minimum Gasteiger partial charge on any atom is -0.310 e. The second kappa shape index (κ2) is 23.9. The molecule has 9 nitrogen and oxygen atoms in total. The molecule has 0 radical (unpaired) electrons. The lowest BCUT2D eigenvalue weighted by Gasteiger charge is -2.37. The fourth-order valence-corrected chi connectivity index (χ4v) is 14.9. The number of rotatable bonds is 14. The lowest BCUT2D eigenvalue weighted by molar-refractivity contribution is 0.631. The van der Waals surface area contributed by atoms with Crippen LogP contribution in [0.25, 0.3) is 100 Å². The molecular weight excluding hydrogens is 1180 g/mol. The van der Waals surface area contributed by atoms with Crippen LogP contribution in [-0.4, -0.2) is 34.7 Å². The molecule has 13 aromatic carbocycles. The fourth-order valence-electron chi connectivity index (χ4n) is 14.9. The fraction of sp³-hybridized carbons (Fsp3) is 0.0341. The van der Waals surface area contributed by atoms with Crippen LogP contribution < -0.4 is 14.7 Å². The van der Waals surface area contributed by atoms with E-state index in [9.17, 15) is 0 Å². The third-order valence-corrected chi connectivity index (χ3v) is 19.2. The normalized spacial score (nSPS) is 13.6. The van der Waals surface area contributed by atoms with Gasteiger partial charge < -0.3 is 23.5 Å². The zero-order valence-electron chi connectivity index (χ0n) is 53.2. The van der Waals surface area contributed by atoms with Gasteiger partial charge in [0.15, 0.2) is 5.82 Å². The van der Waals surface area contributed by atoms with E-state index in [0.717, 1.165) is 101 Å². The summed E-state index contributed by atoms with van der Waals surface area (Å²) in [5, 5.41) is 5.86. The highest BCUT2D eigenvalue weighted by Crippen LogP contribution is 2.47. The van der Waals surface area contributed by atoms with E-state index in [2.05, 4.69) is 387 Å². The number of hydrogen-bond donors (Lipinski definition) is 0. The second-order valence-corrected chi connectivity index (χ2v) is 24.8. The minimum atomic E-state index is -0.233. The summed E-state index contributed by atoms with van der Waals surface area (Å²) in [5.41, 5.74) is 20.3. The highest BCUT2D eigenvalue weighted by Gasteiger charge is 2.36. The molecule has 0 saturated carbocycles. The van der Waals surface area contributed by atoms with Crippen molar-refractivity contribution in [3.05, 3.63) is 357 Å². The molecule has 0 fully saturated rings. The molecule has 4 heterocycles. The van der Waals surface area contributed by atoms with E-state index in [1.807, 2.05) is 0 Å². The first-order valence-electron chi connectivity index (χ1n) is 33.1. The SMILES string of the molecule is CC1c2c(n(-c3ccccc3)c3ccccc23)C=CC1N(c1ccccc1)c1nc(-c2cccc(-c3cccc(N(c4ccccc4)c4ccc5c(c4)c4ccccc4n5-c4ccccc4)c3)c2)nc(N(c2ccccc2)c2ccc3c(c2)c2ccccc2n3-c2ccccc2)n1. The van der Waals surface area contributed by atoms with Gasteiger partial charge in [-0.05, 0) is 168 Å². The van der Waals surface area contributed by atoms with Crippen LogP contribution in [0.1, 0.15) is 24.1 Å². The van der Waals surface area contributed by atoms with Crippen molar-refractivity contribution in [1.82, 2.24) is 28.7 Å². The molecule has 17 aromatic rings. The van der Waals surface area contributed by atoms with E-state index in [-0.39, 0.29) is 12.0 Å². The summed E-state index contributed by atoms with van der Waals surface area (Å²) >= 11 is 0. The van der Waals surface area contributed by atoms with Crippen LogP contribution in [0.15, 0.2) is 346 Å². The Balaban J connectivity index is 0.813. The van der Waals surface area contributed by atoms with Gasteiger partial charge in [-0.15, -0.1) is 0 Å². The van der Waals surface area contributed by atoms with E-state index < -0.39 is 0 Å². The number of aromatic nitrogens is 6. The van der Waals surface area contributed by atoms with Gasteiger partial charge in [-0.3, -0.25) is 4.90 Å². The molecule has 18 rings (SSSR count). The molecule has 2 atom stereocenters. The average molecular weight is 1250 g/mol. The zero-order chi connectivity index (χ0) is 64.3. The maximum absolute atomic E-state index is 5.76. The van der Waals surface area contributed by atoms with Crippen LogP contribution >= 0.6 is 0 Å². The van der Waals surface area contributed by atoms with Crippen molar-refractivity contribution >= 4 is 107 Å². The Bertz CT molecular complexity index is 5810. The minimum absolute atomic E-state index is 0.0315. The zero-order valence-corrected chi connectivity index (χ0v) is 53.2. The summed E-state index contributed by atoms with van der Waals surface area (Å²) in [6, 6.07) is 121. The molecule has 0 N–H and O–H groups in total. The maximum atomic E-state index is 5.76. The van der Waals surface area contributed by atoms with Crippen LogP contribution in [-0.2, 0) is 0 Å². The number of benzene rings is 13. The number of para-hydroxylation sites is 9. The van der Waals surface area contributed by atoms with Crippen molar-refractivity contribution in [3.8, 4) is 39.6 Å². The molecule has 4 aromatic heterocycles. The standard InChI is InChI=1S/C88H63N9/c1-60-78(54-55-84-85(60)75-46-22-25-49-81(75)96(84)68-39-16-6-17-40-68)97(69-41-18-7-19-42-69)88-90-86(89-87(91-88)93(65-33-10-3-11-34-65)72-51-53-83-77(59-72)74-45-21-24-48-80(74)95(83)67-37-14-5-15-38-67)63-30-26-28-61(56-63)62-29-27-43-70(57-62)92(64-31-8-2-9-32-64)71-50-52-82-76(58-71)73-44-20-23-47-79(73)94(82)66-35-12-4-13-36-66/h2-60,78H,1H3. The monoisotopic (exact) mass is 1250 g/mol. The second-order valence-electron chi connectivity index (χ2n) is 24.8. The van der Waals surface area contributed by atoms with Crippen LogP contribution in [0, 0.1) is 0 Å². The highest BCUT2D eigenvalue weighted by molar-refractivity contribution is 6.12. The Morgan fingerprint density at radius 1 is 0.289 bits per heavy atom. The molecule has 0 amide bonds. The van der Waals surface area contributed by atoms with Crippen molar-refractivity contribution in [2.75, 3.05) is 14.7 Å². The van der Waals surface area contributed by atoms with Crippen molar-refractivity contribution < 1.29 is 0 Å². The largest absolute Gasteiger partial charge is 0.310 e. The summed E-state index contributed by atoms with van der Waals surface area (Å²) in [7, 11) is 0. The smallest absolute Gasteiger partial charge is 0.240 e. The number of fused-ring (bicyclic) bond motifs is 9. The Morgan fingerprint density at radius 2 is 0.691 bits per heavy atom. The van der Waals surface area contributed by atoms with Gasteiger partial charge in [0, 0.05) is 89.6 Å². The molecule has 0 saturated heterocycles. The molecule has 0 spiro atoms. The first-order chi connectivity index (χ1) is 48.1. The Kier molecular flexibility index (Phi) is 14.0. The summed E-state index contributed by atoms with van der Waals surface area (Å²) in [5.74, 6) is 1.49. The van der Waals surface area contributed by atoms with Crippen molar-refractivity contribution in [1.29, 1.82) is 0 Å². The van der Waals surface area contributed by atoms with Crippen molar-refractivity contribution in [2.24, 2.45) is 0 Å². The molecule has 1 aliphatic carbocycles. The van der Waals surface area contributed by atoms with Gasteiger partial charge in [-0.2, -0.15) is 15.0 Å². The third-order valence-electron chi connectivity index (χ3n) is 19.2. The van der Waals surface area contributed by atoms with E-state index in [1.54, 1.807) is 0 Å². The number of nitrogens with zero attached hydrogens (tertiary/aromatic N) is 9. The molecular formula is C88H63N9. The molecule has 460 valence electrons. The van der Waals surface area contributed by atoms with E-state index in [1.165, 1.54) is 32.9 Å². The predicted molar refractivity (Wildman–Crippen MR) is 402 cm³/mol. The predicted octanol–water partition coefficient (Wildman–Crippen LogP) is 22.6. The molecule has 97 heavy (non-hydrogen) atoms.